The van der Waals surface area contributed by atoms with Crippen LogP contribution in [0.2, 0.25) is 0 Å². The highest BCUT2D eigenvalue weighted by Crippen LogP contribution is 2.46. The molecule has 1 aliphatic rings. The van der Waals surface area contributed by atoms with Gasteiger partial charge in [0.2, 0.25) is 0 Å². The van der Waals surface area contributed by atoms with Crippen molar-refractivity contribution < 1.29 is 5.21 Å². The van der Waals surface area contributed by atoms with Gasteiger partial charge >= 0.3 is 0 Å². The summed E-state index contributed by atoms with van der Waals surface area (Å²) in [5.74, 6) is 0. The summed E-state index contributed by atoms with van der Waals surface area (Å²) in [6, 6.07) is 0. The van der Waals surface area contributed by atoms with E-state index in [-0.39, 0.29) is 5.41 Å². The molecule has 0 unspecified atom stereocenters. The predicted molar refractivity (Wildman–Crippen MR) is 32.2 cm³/mol. The van der Waals surface area contributed by atoms with Crippen molar-refractivity contribution in [3.05, 3.63) is 0 Å². The summed E-state index contributed by atoms with van der Waals surface area (Å²) in [6.07, 6.45) is 2.37. The van der Waals surface area contributed by atoms with Crippen LogP contribution in [0.25, 0.3) is 0 Å². The van der Waals surface area contributed by atoms with Gasteiger partial charge in [0.05, 0.1) is 5.71 Å². The summed E-state index contributed by atoms with van der Waals surface area (Å²) >= 11 is 0. The van der Waals surface area contributed by atoms with Gasteiger partial charge in [-0.15, -0.1) is 0 Å². The molecule has 1 saturated carbocycles. The van der Waals surface area contributed by atoms with E-state index >= 15 is 0 Å². The molecule has 0 heterocycles. The molecular weight excluding hydrogens is 102 g/mol. The van der Waals surface area contributed by atoms with Gasteiger partial charge in [-0.05, 0) is 19.8 Å². The number of hydrogen-bond acceptors (Lipinski definition) is 2. The van der Waals surface area contributed by atoms with E-state index in [2.05, 4.69) is 12.1 Å². The SMILES string of the molecule is CC(=NO)C1(C)CC1. The Morgan fingerprint density at radius 2 is 2.12 bits per heavy atom. The van der Waals surface area contributed by atoms with E-state index in [1.54, 1.807) is 0 Å². The summed E-state index contributed by atoms with van der Waals surface area (Å²) < 4.78 is 0. The van der Waals surface area contributed by atoms with E-state index in [4.69, 9.17) is 5.21 Å². The summed E-state index contributed by atoms with van der Waals surface area (Å²) in [6.45, 7) is 3.98. The molecule has 0 radical (unpaired) electrons. The first kappa shape index (κ1) is 5.60. The lowest BCUT2D eigenvalue weighted by atomic mass is 10.1. The van der Waals surface area contributed by atoms with Crippen molar-refractivity contribution in [1.29, 1.82) is 0 Å². The maximum absolute atomic E-state index is 8.30. The molecule has 0 aromatic heterocycles. The van der Waals surface area contributed by atoms with E-state index < -0.39 is 0 Å². The van der Waals surface area contributed by atoms with Crippen LogP contribution < -0.4 is 0 Å². The molecule has 0 saturated heterocycles. The minimum absolute atomic E-state index is 0.259. The fourth-order valence-corrected chi connectivity index (χ4v) is 0.670. The van der Waals surface area contributed by atoms with Gasteiger partial charge < -0.3 is 5.21 Å². The number of oxime groups is 1. The van der Waals surface area contributed by atoms with Crippen LogP contribution >= 0.6 is 0 Å². The smallest absolute Gasteiger partial charge is 0.0598 e. The molecule has 2 heteroatoms. The van der Waals surface area contributed by atoms with Crippen LogP contribution in [0.15, 0.2) is 5.16 Å². The van der Waals surface area contributed by atoms with Gasteiger partial charge in [-0.25, -0.2) is 0 Å². The van der Waals surface area contributed by atoms with Crippen LogP contribution in [0.4, 0.5) is 0 Å². The molecule has 0 aliphatic heterocycles. The molecule has 1 aliphatic carbocycles. The molecule has 0 aromatic rings. The highest BCUT2D eigenvalue weighted by atomic mass is 16.4. The lowest BCUT2D eigenvalue weighted by Gasteiger charge is -2.01. The van der Waals surface area contributed by atoms with Crippen molar-refractivity contribution in [3.8, 4) is 0 Å². The Hall–Kier alpha value is -0.530. The van der Waals surface area contributed by atoms with Crippen LogP contribution in [0.5, 0.6) is 0 Å². The third-order valence-corrected chi connectivity index (χ3v) is 2.02. The molecule has 0 amide bonds. The fraction of sp³-hybridized carbons (Fsp3) is 0.833. The minimum atomic E-state index is 0.259. The predicted octanol–water partition coefficient (Wildman–Crippen LogP) is 1.64. The van der Waals surface area contributed by atoms with Gasteiger partial charge in [0.15, 0.2) is 0 Å². The zero-order valence-electron chi connectivity index (χ0n) is 5.31. The summed E-state index contributed by atoms with van der Waals surface area (Å²) in [5.41, 5.74) is 1.13. The Balaban J connectivity index is 2.59. The van der Waals surface area contributed by atoms with E-state index in [1.807, 2.05) is 6.92 Å². The maximum Gasteiger partial charge on any atom is 0.0598 e. The highest BCUT2D eigenvalue weighted by molar-refractivity contribution is 5.89. The number of hydrogen-bond donors (Lipinski definition) is 1. The van der Waals surface area contributed by atoms with E-state index in [0.29, 0.717) is 0 Å². The van der Waals surface area contributed by atoms with E-state index in [0.717, 1.165) is 5.71 Å². The van der Waals surface area contributed by atoms with E-state index in [9.17, 15) is 0 Å². The molecule has 1 rings (SSSR count). The lowest BCUT2D eigenvalue weighted by molar-refractivity contribution is 0.314. The number of rotatable bonds is 1. The Kier molecular flexibility index (Phi) is 1.03. The quantitative estimate of drug-likeness (QED) is 0.313. The summed E-state index contributed by atoms with van der Waals surface area (Å²) in [4.78, 5) is 0. The maximum atomic E-state index is 8.30. The zero-order chi connectivity index (χ0) is 6.20. The first-order chi connectivity index (χ1) is 3.69. The van der Waals surface area contributed by atoms with Gasteiger partial charge in [-0.1, -0.05) is 12.1 Å². The van der Waals surface area contributed by atoms with Crippen molar-refractivity contribution in [2.45, 2.75) is 26.7 Å². The van der Waals surface area contributed by atoms with Crippen molar-refractivity contribution in [3.63, 3.8) is 0 Å². The average Bonchev–Trinajstić information content (AvgIpc) is 2.47. The van der Waals surface area contributed by atoms with Crippen LogP contribution in [0.1, 0.15) is 26.7 Å². The third kappa shape index (κ3) is 0.703. The second-order valence-electron chi connectivity index (χ2n) is 2.75. The molecule has 0 aromatic carbocycles. The minimum Gasteiger partial charge on any atom is -0.411 e. The number of nitrogens with zero attached hydrogens (tertiary/aromatic N) is 1. The third-order valence-electron chi connectivity index (χ3n) is 2.02. The second-order valence-corrected chi connectivity index (χ2v) is 2.75. The largest absolute Gasteiger partial charge is 0.411 e. The first-order valence-corrected chi connectivity index (χ1v) is 2.88. The standard InChI is InChI=1S/C6H11NO/c1-5(7-8)6(2)3-4-6/h8H,3-4H2,1-2H3. The molecule has 8 heavy (non-hydrogen) atoms. The Labute approximate surface area is 49.2 Å². The first-order valence-electron chi connectivity index (χ1n) is 2.88. The zero-order valence-corrected chi connectivity index (χ0v) is 5.31. The van der Waals surface area contributed by atoms with Crippen LogP contribution in [0.3, 0.4) is 0 Å². The highest BCUT2D eigenvalue weighted by Gasteiger charge is 2.40. The molecule has 46 valence electrons. The Bertz CT molecular complexity index is 124. The average molecular weight is 113 g/mol. The summed E-state index contributed by atoms with van der Waals surface area (Å²) in [5, 5.41) is 11.4. The van der Waals surface area contributed by atoms with Crippen LogP contribution in [0, 0.1) is 5.41 Å². The van der Waals surface area contributed by atoms with E-state index in [1.165, 1.54) is 12.8 Å². The van der Waals surface area contributed by atoms with Crippen LogP contribution in [-0.2, 0) is 0 Å². The molecule has 0 spiro atoms. The van der Waals surface area contributed by atoms with Crippen molar-refractivity contribution >= 4 is 5.71 Å². The molecule has 2 nitrogen and oxygen atoms in total. The molecule has 1 N–H and O–H groups in total. The fourth-order valence-electron chi connectivity index (χ4n) is 0.670. The topological polar surface area (TPSA) is 32.6 Å². The summed E-state index contributed by atoms with van der Waals surface area (Å²) in [7, 11) is 0. The van der Waals surface area contributed by atoms with Crippen LogP contribution in [-0.4, -0.2) is 10.9 Å². The van der Waals surface area contributed by atoms with Gasteiger partial charge in [-0.3, -0.25) is 0 Å². The second kappa shape index (κ2) is 1.47. The van der Waals surface area contributed by atoms with Gasteiger partial charge in [0.1, 0.15) is 0 Å². The molecule has 0 atom stereocenters. The molecular formula is C6H11NO. The van der Waals surface area contributed by atoms with Crippen molar-refractivity contribution in [2.24, 2.45) is 10.6 Å². The molecule has 0 bridgehead atoms. The normalized spacial score (nSPS) is 25.5. The molecule has 1 fully saturated rings. The Morgan fingerprint density at radius 3 is 2.25 bits per heavy atom. The Morgan fingerprint density at radius 1 is 1.62 bits per heavy atom. The van der Waals surface area contributed by atoms with Gasteiger partial charge in [0.25, 0.3) is 0 Å². The lowest BCUT2D eigenvalue weighted by Crippen LogP contribution is -2.05. The van der Waals surface area contributed by atoms with Gasteiger partial charge in [-0.2, -0.15) is 0 Å². The monoisotopic (exact) mass is 113 g/mol. The van der Waals surface area contributed by atoms with Crippen molar-refractivity contribution in [2.75, 3.05) is 0 Å². The van der Waals surface area contributed by atoms with Crippen molar-refractivity contribution in [1.82, 2.24) is 0 Å². The van der Waals surface area contributed by atoms with Gasteiger partial charge in [0, 0.05) is 5.41 Å².